The van der Waals surface area contributed by atoms with Gasteiger partial charge in [0.1, 0.15) is 18.5 Å². The highest BCUT2D eigenvalue weighted by Crippen LogP contribution is 2.05. The van der Waals surface area contributed by atoms with Crippen molar-refractivity contribution < 1.29 is 13.9 Å². The minimum absolute atomic E-state index is 0.149. The van der Waals surface area contributed by atoms with E-state index < -0.39 is 12.0 Å². The summed E-state index contributed by atoms with van der Waals surface area (Å²) in [5.74, 6) is -0.796. The van der Waals surface area contributed by atoms with E-state index in [9.17, 15) is 9.18 Å². The van der Waals surface area contributed by atoms with E-state index in [4.69, 9.17) is 10.5 Å². The van der Waals surface area contributed by atoms with Crippen molar-refractivity contribution in [2.75, 3.05) is 6.61 Å². The van der Waals surface area contributed by atoms with Crippen molar-refractivity contribution in [1.82, 2.24) is 0 Å². The smallest absolute Gasteiger partial charge is 0.323 e. The normalized spacial score (nSPS) is 11.9. The molecule has 16 heavy (non-hydrogen) atoms. The molecule has 0 spiro atoms. The van der Waals surface area contributed by atoms with Crippen LogP contribution in [0.5, 0.6) is 0 Å². The SMILES string of the molecule is C=CCOC(=O)C(N)Cc1ccc(F)cc1. The lowest BCUT2D eigenvalue weighted by atomic mass is 10.1. The second-order valence-electron chi connectivity index (χ2n) is 3.36. The van der Waals surface area contributed by atoms with Crippen LogP contribution in [0.2, 0.25) is 0 Å². The van der Waals surface area contributed by atoms with E-state index in [0.717, 1.165) is 5.56 Å². The molecule has 0 bridgehead atoms. The molecular formula is C12H14FNO2. The van der Waals surface area contributed by atoms with Gasteiger partial charge in [0, 0.05) is 0 Å². The fourth-order valence-corrected chi connectivity index (χ4v) is 1.21. The van der Waals surface area contributed by atoms with Gasteiger partial charge in [0.05, 0.1) is 0 Å². The maximum atomic E-state index is 12.6. The van der Waals surface area contributed by atoms with Crippen molar-refractivity contribution >= 4 is 5.97 Å². The maximum absolute atomic E-state index is 12.6. The molecule has 0 saturated carbocycles. The molecule has 1 aromatic carbocycles. The predicted molar refractivity (Wildman–Crippen MR) is 59.2 cm³/mol. The molecule has 0 aliphatic heterocycles. The number of carbonyl (C=O) groups excluding carboxylic acids is 1. The molecule has 4 heteroatoms. The molecule has 1 atom stereocenters. The van der Waals surface area contributed by atoms with Crippen LogP contribution < -0.4 is 5.73 Å². The molecule has 0 aromatic heterocycles. The molecule has 0 saturated heterocycles. The van der Waals surface area contributed by atoms with E-state index in [2.05, 4.69) is 6.58 Å². The van der Waals surface area contributed by atoms with Crippen LogP contribution in [0.15, 0.2) is 36.9 Å². The minimum Gasteiger partial charge on any atom is -0.460 e. The zero-order valence-electron chi connectivity index (χ0n) is 8.86. The van der Waals surface area contributed by atoms with E-state index >= 15 is 0 Å². The van der Waals surface area contributed by atoms with Crippen molar-refractivity contribution in [3.8, 4) is 0 Å². The topological polar surface area (TPSA) is 52.3 Å². The average molecular weight is 223 g/mol. The Morgan fingerprint density at radius 3 is 2.69 bits per heavy atom. The Labute approximate surface area is 93.7 Å². The molecule has 1 rings (SSSR count). The van der Waals surface area contributed by atoms with E-state index in [0.29, 0.717) is 6.42 Å². The van der Waals surface area contributed by atoms with Gasteiger partial charge in [-0.1, -0.05) is 24.8 Å². The second kappa shape index (κ2) is 6.02. The van der Waals surface area contributed by atoms with Gasteiger partial charge < -0.3 is 10.5 Å². The van der Waals surface area contributed by atoms with Gasteiger partial charge in [-0.2, -0.15) is 0 Å². The van der Waals surface area contributed by atoms with Gasteiger partial charge in [-0.05, 0) is 24.1 Å². The molecule has 0 aliphatic rings. The zero-order chi connectivity index (χ0) is 12.0. The van der Waals surface area contributed by atoms with Crippen molar-refractivity contribution in [3.05, 3.63) is 48.3 Å². The number of ether oxygens (including phenoxy) is 1. The first kappa shape index (κ1) is 12.4. The largest absolute Gasteiger partial charge is 0.460 e. The van der Waals surface area contributed by atoms with E-state index in [-0.39, 0.29) is 12.4 Å². The Morgan fingerprint density at radius 1 is 1.50 bits per heavy atom. The summed E-state index contributed by atoms with van der Waals surface area (Å²) in [7, 11) is 0. The Morgan fingerprint density at radius 2 is 2.12 bits per heavy atom. The van der Waals surface area contributed by atoms with Gasteiger partial charge in [0.15, 0.2) is 0 Å². The molecule has 0 aliphatic carbocycles. The Kier molecular flexibility index (Phi) is 4.66. The van der Waals surface area contributed by atoms with Gasteiger partial charge in [0.2, 0.25) is 0 Å². The van der Waals surface area contributed by atoms with Crippen LogP contribution in [-0.4, -0.2) is 18.6 Å². The first-order valence-electron chi connectivity index (χ1n) is 4.91. The number of benzene rings is 1. The third-order valence-electron chi connectivity index (χ3n) is 2.02. The third-order valence-corrected chi connectivity index (χ3v) is 2.02. The Hall–Kier alpha value is -1.68. The standard InChI is InChI=1S/C12H14FNO2/c1-2-7-16-12(15)11(14)8-9-3-5-10(13)6-4-9/h2-6,11H,1,7-8,14H2. The van der Waals surface area contributed by atoms with Crippen LogP contribution in [0.25, 0.3) is 0 Å². The van der Waals surface area contributed by atoms with Gasteiger partial charge in [-0.3, -0.25) is 4.79 Å². The molecule has 0 radical (unpaired) electrons. The molecular weight excluding hydrogens is 209 g/mol. The molecule has 1 aromatic rings. The van der Waals surface area contributed by atoms with Gasteiger partial charge in [-0.25, -0.2) is 4.39 Å². The Balaban J connectivity index is 2.50. The van der Waals surface area contributed by atoms with Crippen LogP contribution >= 0.6 is 0 Å². The van der Waals surface area contributed by atoms with E-state index in [1.54, 1.807) is 12.1 Å². The number of esters is 1. The maximum Gasteiger partial charge on any atom is 0.323 e. The lowest BCUT2D eigenvalue weighted by Crippen LogP contribution is -2.34. The van der Waals surface area contributed by atoms with Crippen LogP contribution in [0.4, 0.5) is 4.39 Å². The van der Waals surface area contributed by atoms with Gasteiger partial charge in [0.25, 0.3) is 0 Å². The van der Waals surface area contributed by atoms with Crippen molar-refractivity contribution in [2.45, 2.75) is 12.5 Å². The van der Waals surface area contributed by atoms with Gasteiger partial charge >= 0.3 is 5.97 Å². The lowest BCUT2D eigenvalue weighted by Gasteiger charge is -2.10. The summed E-state index contributed by atoms with van der Waals surface area (Å²) in [6, 6.07) is 5.12. The average Bonchev–Trinajstić information content (AvgIpc) is 2.29. The molecule has 1 unspecified atom stereocenters. The minimum atomic E-state index is -0.731. The number of hydrogen-bond donors (Lipinski definition) is 1. The highest BCUT2D eigenvalue weighted by atomic mass is 19.1. The molecule has 0 fully saturated rings. The van der Waals surface area contributed by atoms with Crippen LogP contribution in [0, 0.1) is 5.82 Å². The fraction of sp³-hybridized carbons (Fsp3) is 0.250. The first-order valence-corrected chi connectivity index (χ1v) is 4.91. The monoisotopic (exact) mass is 223 g/mol. The Bertz CT molecular complexity index is 362. The van der Waals surface area contributed by atoms with Crippen molar-refractivity contribution in [3.63, 3.8) is 0 Å². The van der Waals surface area contributed by atoms with E-state index in [1.807, 2.05) is 0 Å². The summed E-state index contributed by atoms with van der Waals surface area (Å²) in [5.41, 5.74) is 6.42. The molecule has 2 N–H and O–H groups in total. The quantitative estimate of drug-likeness (QED) is 0.606. The zero-order valence-corrected chi connectivity index (χ0v) is 8.86. The fourth-order valence-electron chi connectivity index (χ4n) is 1.21. The number of carbonyl (C=O) groups is 1. The molecule has 86 valence electrons. The second-order valence-corrected chi connectivity index (χ2v) is 3.36. The summed E-state index contributed by atoms with van der Waals surface area (Å²) >= 11 is 0. The summed E-state index contributed by atoms with van der Waals surface area (Å²) in [4.78, 5) is 11.3. The number of rotatable bonds is 5. The number of hydrogen-bond acceptors (Lipinski definition) is 3. The molecule has 0 heterocycles. The highest BCUT2D eigenvalue weighted by Gasteiger charge is 2.14. The van der Waals surface area contributed by atoms with Crippen LogP contribution in [-0.2, 0) is 16.0 Å². The predicted octanol–water partition coefficient (Wildman–Crippen LogP) is 1.42. The van der Waals surface area contributed by atoms with E-state index in [1.165, 1.54) is 18.2 Å². The highest BCUT2D eigenvalue weighted by molar-refractivity contribution is 5.75. The lowest BCUT2D eigenvalue weighted by molar-refractivity contribution is -0.143. The molecule has 3 nitrogen and oxygen atoms in total. The summed E-state index contributed by atoms with van der Waals surface area (Å²) in [6.07, 6.45) is 1.80. The van der Waals surface area contributed by atoms with Crippen LogP contribution in [0.1, 0.15) is 5.56 Å². The number of nitrogens with two attached hydrogens (primary N) is 1. The summed E-state index contributed by atoms with van der Waals surface area (Å²) < 4.78 is 17.4. The van der Waals surface area contributed by atoms with Crippen molar-refractivity contribution in [1.29, 1.82) is 0 Å². The van der Waals surface area contributed by atoms with Gasteiger partial charge in [-0.15, -0.1) is 0 Å². The third kappa shape index (κ3) is 3.82. The summed E-state index contributed by atoms with van der Waals surface area (Å²) in [5, 5.41) is 0. The summed E-state index contributed by atoms with van der Waals surface area (Å²) in [6.45, 7) is 3.57. The molecule has 0 amide bonds. The van der Waals surface area contributed by atoms with Crippen LogP contribution in [0.3, 0.4) is 0 Å². The van der Waals surface area contributed by atoms with Crippen molar-refractivity contribution in [2.24, 2.45) is 5.73 Å². The first-order chi connectivity index (χ1) is 7.63. The number of halogens is 1.